The van der Waals surface area contributed by atoms with E-state index in [-0.39, 0.29) is 5.41 Å². The van der Waals surface area contributed by atoms with Crippen LogP contribution in [0.15, 0.2) is 48.5 Å². The van der Waals surface area contributed by atoms with Crippen molar-refractivity contribution in [2.24, 2.45) is 0 Å². The zero-order valence-corrected chi connectivity index (χ0v) is 11.1. The van der Waals surface area contributed by atoms with E-state index in [2.05, 4.69) is 76.2 Å². The summed E-state index contributed by atoms with van der Waals surface area (Å²) in [5.41, 5.74) is 5.54. The molecule has 0 aliphatic rings. The lowest BCUT2D eigenvalue weighted by molar-refractivity contribution is 0.635. The minimum absolute atomic E-state index is 0.0668. The summed E-state index contributed by atoms with van der Waals surface area (Å²) < 4.78 is 0. The highest BCUT2D eigenvalue weighted by Crippen LogP contribution is 2.33. The van der Waals surface area contributed by atoms with E-state index >= 15 is 0 Å². The average molecular weight is 224 g/mol. The molecule has 2 rings (SSSR count). The molecule has 88 valence electrons. The predicted molar refractivity (Wildman–Crippen MR) is 74.5 cm³/mol. The van der Waals surface area contributed by atoms with Crippen molar-refractivity contribution in [3.63, 3.8) is 0 Å². The van der Waals surface area contributed by atoms with Gasteiger partial charge in [0.2, 0.25) is 0 Å². The van der Waals surface area contributed by atoms with Gasteiger partial charge in [-0.15, -0.1) is 0 Å². The van der Waals surface area contributed by atoms with E-state index in [0.29, 0.717) is 0 Å². The Morgan fingerprint density at radius 1 is 0.824 bits per heavy atom. The Kier molecular flexibility index (Phi) is 3.06. The molecule has 0 atom stereocenters. The van der Waals surface area contributed by atoms with Crippen molar-refractivity contribution >= 4 is 0 Å². The van der Waals surface area contributed by atoms with Crippen LogP contribution in [0.2, 0.25) is 0 Å². The van der Waals surface area contributed by atoms with Crippen molar-refractivity contribution in [2.75, 3.05) is 0 Å². The van der Waals surface area contributed by atoms with Gasteiger partial charge >= 0.3 is 0 Å². The molecule has 17 heavy (non-hydrogen) atoms. The van der Waals surface area contributed by atoms with E-state index in [9.17, 15) is 0 Å². The molecule has 0 aliphatic heterocycles. The second kappa shape index (κ2) is 4.37. The van der Waals surface area contributed by atoms with Crippen LogP contribution in [-0.4, -0.2) is 0 Å². The van der Waals surface area contributed by atoms with Crippen LogP contribution >= 0.6 is 0 Å². The molecule has 0 unspecified atom stereocenters. The molecular weight excluding hydrogens is 204 g/mol. The Hall–Kier alpha value is -1.56. The second-order valence-electron chi connectivity index (χ2n) is 5.31. The molecule has 0 saturated heterocycles. The van der Waals surface area contributed by atoms with Crippen LogP contribution in [0.5, 0.6) is 0 Å². The maximum atomic E-state index is 2.30. The van der Waals surface area contributed by atoms with Gasteiger partial charge in [0.25, 0.3) is 0 Å². The van der Waals surface area contributed by atoms with Gasteiger partial charge in [-0.3, -0.25) is 0 Å². The van der Waals surface area contributed by atoms with Gasteiger partial charge in [-0.05, 0) is 30.5 Å². The fourth-order valence-corrected chi connectivity index (χ4v) is 2.46. The Balaban J connectivity index is 2.53. The van der Waals surface area contributed by atoms with Crippen LogP contribution in [0, 0.1) is 13.8 Å². The standard InChI is InChI=1S/C17H20/c1-13-8-7-10-15(12-13)17(3,4)16-11-6-5-9-14(16)2/h5-12H,1-4H3. The Morgan fingerprint density at radius 2 is 1.53 bits per heavy atom. The topological polar surface area (TPSA) is 0 Å². The third-order valence-corrected chi connectivity index (χ3v) is 3.56. The Morgan fingerprint density at radius 3 is 2.18 bits per heavy atom. The highest BCUT2D eigenvalue weighted by atomic mass is 14.3. The summed E-state index contributed by atoms with van der Waals surface area (Å²) in [5.74, 6) is 0. The first-order chi connectivity index (χ1) is 8.01. The van der Waals surface area contributed by atoms with Crippen molar-refractivity contribution in [3.8, 4) is 0 Å². The molecule has 0 aromatic heterocycles. The van der Waals surface area contributed by atoms with Crippen molar-refractivity contribution in [1.82, 2.24) is 0 Å². The van der Waals surface area contributed by atoms with Crippen molar-refractivity contribution in [1.29, 1.82) is 0 Å². The van der Waals surface area contributed by atoms with E-state index in [1.54, 1.807) is 0 Å². The van der Waals surface area contributed by atoms with Gasteiger partial charge in [0.1, 0.15) is 0 Å². The number of rotatable bonds is 2. The van der Waals surface area contributed by atoms with E-state index in [0.717, 1.165) is 0 Å². The summed E-state index contributed by atoms with van der Waals surface area (Å²) in [7, 11) is 0. The lowest BCUT2D eigenvalue weighted by atomic mass is 9.76. The van der Waals surface area contributed by atoms with Crippen molar-refractivity contribution < 1.29 is 0 Å². The van der Waals surface area contributed by atoms with Gasteiger partial charge in [-0.2, -0.15) is 0 Å². The number of benzene rings is 2. The SMILES string of the molecule is Cc1cccc(C(C)(C)c2ccccc2C)c1. The summed E-state index contributed by atoms with van der Waals surface area (Å²) in [6, 6.07) is 17.4. The van der Waals surface area contributed by atoms with E-state index in [1.807, 2.05) is 0 Å². The van der Waals surface area contributed by atoms with Crippen molar-refractivity contribution in [2.45, 2.75) is 33.1 Å². The molecule has 0 heteroatoms. The maximum absolute atomic E-state index is 2.30. The molecule has 2 aromatic rings. The van der Waals surface area contributed by atoms with Gasteiger partial charge < -0.3 is 0 Å². The summed E-state index contributed by atoms with van der Waals surface area (Å²) in [5, 5.41) is 0. The Labute approximate surface area is 104 Å². The molecule has 2 aromatic carbocycles. The van der Waals surface area contributed by atoms with Crippen LogP contribution < -0.4 is 0 Å². The normalized spacial score (nSPS) is 11.5. The molecule has 0 amide bonds. The Bertz CT molecular complexity index is 521. The zero-order chi connectivity index (χ0) is 12.5. The summed E-state index contributed by atoms with van der Waals surface area (Å²) in [6.07, 6.45) is 0. The first-order valence-electron chi connectivity index (χ1n) is 6.15. The fourth-order valence-electron chi connectivity index (χ4n) is 2.46. The van der Waals surface area contributed by atoms with Gasteiger partial charge in [0.05, 0.1) is 0 Å². The van der Waals surface area contributed by atoms with Crippen LogP contribution in [0.25, 0.3) is 0 Å². The summed E-state index contributed by atoms with van der Waals surface area (Å²) in [6.45, 7) is 8.93. The molecule has 0 spiro atoms. The molecule has 0 fully saturated rings. The minimum atomic E-state index is 0.0668. The van der Waals surface area contributed by atoms with Crippen molar-refractivity contribution in [3.05, 3.63) is 70.8 Å². The van der Waals surface area contributed by atoms with Gasteiger partial charge in [0.15, 0.2) is 0 Å². The predicted octanol–water partition coefficient (Wildman–Crippen LogP) is 4.63. The molecule has 0 saturated carbocycles. The lowest BCUT2D eigenvalue weighted by Crippen LogP contribution is -2.20. The fraction of sp³-hybridized carbons (Fsp3) is 0.294. The number of aryl methyl sites for hydroxylation is 2. The molecule has 0 aliphatic carbocycles. The van der Waals surface area contributed by atoms with Gasteiger partial charge in [-0.25, -0.2) is 0 Å². The second-order valence-corrected chi connectivity index (χ2v) is 5.31. The molecule has 0 nitrogen and oxygen atoms in total. The smallest absolute Gasteiger partial charge is 0.0149 e. The van der Waals surface area contributed by atoms with Crippen LogP contribution in [0.3, 0.4) is 0 Å². The number of hydrogen-bond acceptors (Lipinski definition) is 0. The van der Waals surface area contributed by atoms with Crippen LogP contribution in [-0.2, 0) is 5.41 Å². The average Bonchev–Trinajstić information content (AvgIpc) is 2.29. The third kappa shape index (κ3) is 2.26. The third-order valence-electron chi connectivity index (χ3n) is 3.56. The van der Waals surface area contributed by atoms with Gasteiger partial charge in [-0.1, -0.05) is 67.9 Å². The highest BCUT2D eigenvalue weighted by molar-refractivity contribution is 5.42. The lowest BCUT2D eigenvalue weighted by Gasteiger charge is -2.28. The van der Waals surface area contributed by atoms with E-state index in [4.69, 9.17) is 0 Å². The van der Waals surface area contributed by atoms with E-state index in [1.165, 1.54) is 22.3 Å². The van der Waals surface area contributed by atoms with E-state index < -0.39 is 0 Å². The van der Waals surface area contributed by atoms with Crippen LogP contribution in [0.1, 0.15) is 36.1 Å². The monoisotopic (exact) mass is 224 g/mol. The first-order valence-corrected chi connectivity index (χ1v) is 6.15. The zero-order valence-electron chi connectivity index (χ0n) is 11.1. The molecular formula is C17H20. The first kappa shape index (κ1) is 11.9. The molecule has 0 N–H and O–H groups in total. The largest absolute Gasteiger partial charge is 0.0620 e. The molecule has 0 radical (unpaired) electrons. The quantitative estimate of drug-likeness (QED) is 0.697. The summed E-state index contributed by atoms with van der Waals surface area (Å²) in [4.78, 5) is 0. The van der Waals surface area contributed by atoms with Crippen LogP contribution in [0.4, 0.5) is 0 Å². The molecule has 0 heterocycles. The number of hydrogen-bond donors (Lipinski definition) is 0. The van der Waals surface area contributed by atoms with Gasteiger partial charge in [0, 0.05) is 5.41 Å². The highest BCUT2D eigenvalue weighted by Gasteiger charge is 2.24. The maximum Gasteiger partial charge on any atom is 0.0149 e. The molecule has 0 bridgehead atoms. The minimum Gasteiger partial charge on any atom is -0.0620 e. The summed E-state index contributed by atoms with van der Waals surface area (Å²) >= 11 is 0.